The standard InChI is InChI=1S/C28H33F2N7O4/c1-35-16-17(6-9-24(35)38)27(39)31-18-7-8-19(14-18)41-23-15-22(33-28(34-23)36-10-12-40-13-11-36)37-21-5-3-2-4-20(21)32-26(37)25(29)30/h2-5,15,17-19,25H,6-14,16H2,1H3,(H,31,39)/t17?,18-,19-/m0/s1. The third-order valence-electron chi connectivity index (χ3n) is 8.00. The van der Waals surface area contributed by atoms with Gasteiger partial charge in [0, 0.05) is 51.6 Å². The molecular formula is C28H33F2N7O4. The van der Waals surface area contributed by atoms with E-state index in [-0.39, 0.29) is 41.6 Å². The van der Waals surface area contributed by atoms with E-state index < -0.39 is 12.2 Å². The number of piperidine rings is 1. The number of nitrogens with one attached hydrogen (secondary N) is 1. The molecule has 3 atom stereocenters. The molecule has 1 unspecified atom stereocenters. The largest absolute Gasteiger partial charge is 0.474 e. The zero-order valence-corrected chi connectivity index (χ0v) is 22.8. The van der Waals surface area contributed by atoms with E-state index in [9.17, 15) is 18.4 Å². The number of fused-ring (bicyclic) bond motifs is 1. The van der Waals surface area contributed by atoms with Crippen LogP contribution in [0.1, 0.15) is 44.4 Å². The molecule has 1 saturated carbocycles. The van der Waals surface area contributed by atoms with Crippen molar-refractivity contribution in [3.05, 3.63) is 36.2 Å². The number of anilines is 1. The predicted octanol–water partition coefficient (Wildman–Crippen LogP) is 2.87. The molecule has 3 fully saturated rings. The summed E-state index contributed by atoms with van der Waals surface area (Å²) in [5.74, 6) is 0.305. The van der Waals surface area contributed by atoms with Crippen molar-refractivity contribution in [3.8, 4) is 11.7 Å². The summed E-state index contributed by atoms with van der Waals surface area (Å²) in [5, 5.41) is 3.13. The van der Waals surface area contributed by atoms with E-state index in [1.165, 1.54) is 4.57 Å². The van der Waals surface area contributed by atoms with Gasteiger partial charge in [-0.25, -0.2) is 13.8 Å². The van der Waals surface area contributed by atoms with Gasteiger partial charge in [0.2, 0.25) is 23.6 Å². The summed E-state index contributed by atoms with van der Waals surface area (Å²) in [4.78, 5) is 41.7. The molecule has 2 saturated heterocycles. The molecule has 1 N–H and O–H groups in total. The minimum absolute atomic E-state index is 0.0413. The first-order valence-corrected chi connectivity index (χ1v) is 14.0. The van der Waals surface area contributed by atoms with Gasteiger partial charge in [0.1, 0.15) is 11.9 Å². The summed E-state index contributed by atoms with van der Waals surface area (Å²) in [6.45, 7) is 2.57. The van der Waals surface area contributed by atoms with Gasteiger partial charge in [-0.05, 0) is 31.4 Å². The number of para-hydroxylation sites is 2. The van der Waals surface area contributed by atoms with Gasteiger partial charge >= 0.3 is 0 Å². The Kier molecular flexibility index (Phi) is 7.69. The minimum Gasteiger partial charge on any atom is -0.474 e. The fourth-order valence-electron chi connectivity index (χ4n) is 5.81. The van der Waals surface area contributed by atoms with E-state index in [4.69, 9.17) is 9.47 Å². The quantitative estimate of drug-likeness (QED) is 0.462. The lowest BCUT2D eigenvalue weighted by atomic mass is 9.96. The highest BCUT2D eigenvalue weighted by Gasteiger charge is 2.33. The Hall–Kier alpha value is -3.87. The highest BCUT2D eigenvalue weighted by molar-refractivity contribution is 5.84. The monoisotopic (exact) mass is 569 g/mol. The van der Waals surface area contributed by atoms with Gasteiger partial charge < -0.3 is 24.6 Å². The number of amides is 2. The van der Waals surface area contributed by atoms with Crippen LogP contribution in [0, 0.1) is 5.92 Å². The maximum atomic E-state index is 14.1. The molecule has 4 heterocycles. The number of carbonyl (C=O) groups is 2. The molecule has 1 aromatic carbocycles. The molecule has 1 aliphatic carbocycles. The van der Waals surface area contributed by atoms with Gasteiger partial charge in [-0.15, -0.1) is 0 Å². The van der Waals surface area contributed by atoms with E-state index >= 15 is 0 Å². The Morgan fingerprint density at radius 3 is 2.71 bits per heavy atom. The number of nitrogens with zero attached hydrogens (tertiary/aromatic N) is 6. The average Bonchev–Trinajstić information content (AvgIpc) is 3.59. The lowest BCUT2D eigenvalue weighted by Crippen LogP contribution is -2.46. The van der Waals surface area contributed by atoms with Crippen molar-refractivity contribution in [2.75, 3.05) is 44.8 Å². The molecular weight excluding hydrogens is 536 g/mol. The summed E-state index contributed by atoms with van der Waals surface area (Å²) in [6.07, 6.45) is -0.0502. The van der Waals surface area contributed by atoms with Gasteiger partial charge in [-0.3, -0.25) is 14.2 Å². The first kappa shape index (κ1) is 27.3. The maximum Gasteiger partial charge on any atom is 0.296 e. The molecule has 0 bridgehead atoms. The van der Waals surface area contributed by atoms with Crippen molar-refractivity contribution in [2.45, 2.75) is 50.7 Å². The number of hydrogen-bond acceptors (Lipinski definition) is 8. The van der Waals surface area contributed by atoms with Crippen LogP contribution in [0.5, 0.6) is 5.88 Å². The van der Waals surface area contributed by atoms with E-state index in [1.54, 1.807) is 42.3 Å². The van der Waals surface area contributed by atoms with Crippen LogP contribution >= 0.6 is 0 Å². The number of aromatic nitrogens is 4. The van der Waals surface area contributed by atoms with Crippen LogP contribution in [0.25, 0.3) is 16.9 Å². The normalized spacial score (nSPS) is 23.4. The zero-order valence-electron chi connectivity index (χ0n) is 22.8. The van der Waals surface area contributed by atoms with Gasteiger partial charge in [-0.2, -0.15) is 9.97 Å². The molecule has 2 aromatic heterocycles. The molecule has 13 heteroatoms. The van der Waals surface area contributed by atoms with E-state index in [0.717, 1.165) is 6.42 Å². The summed E-state index contributed by atoms with van der Waals surface area (Å²) in [6, 6.07) is 8.46. The van der Waals surface area contributed by atoms with Gasteiger partial charge in [0.15, 0.2) is 5.82 Å². The average molecular weight is 570 g/mol. The van der Waals surface area contributed by atoms with Gasteiger partial charge in [0.25, 0.3) is 6.43 Å². The second-order valence-corrected chi connectivity index (χ2v) is 10.8. The fraction of sp³-hybridized carbons (Fsp3) is 0.536. The van der Waals surface area contributed by atoms with E-state index in [2.05, 4.69) is 20.3 Å². The number of halogens is 2. The summed E-state index contributed by atoms with van der Waals surface area (Å²) in [5.41, 5.74) is 0.957. The highest BCUT2D eigenvalue weighted by atomic mass is 19.3. The lowest BCUT2D eigenvalue weighted by Gasteiger charge is -2.29. The Morgan fingerprint density at radius 2 is 1.93 bits per heavy atom. The van der Waals surface area contributed by atoms with Crippen molar-refractivity contribution in [1.29, 1.82) is 0 Å². The Morgan fingerprint density at radius 1 is 1.12 bits per heavy atom. The van der Waals surface area contributed by atoms with E-state index in [1.807, 2.05) is 4.90 Å². The number of hydrogen-bond donors (Lipinski definition) is 1. The SMILES string of the molecule is CN1CC(C(=O)N[C@H]2CC[C@H](Oc3cc(-n4c(C(F)F)nc5ccccc54)nc(N4CCOCC4)n3)C2)CCC1=O. The third kappa shape index (κ3) is 5.81. The summed E-state index contributed by atoms with van der Waals surface area (Å²) >= 11 is 0. The van der Waals surface area contributed by atoms with Crippen LogP contribution in [0.2, 0.25) is 0 Å². The molecule has 3 aliphatic rings. The molecule has 11 nitrogen and oxygen atoms in total. The zero-order chi connectivity index (χ0) is 28.5. The second kappa shape index (κ2) is 11.6. The molecule has 3 aromatic rings. The van der Waals surface area contributed by atoms with Crippen LogP contribution in [-0.4, -0.2) is 88.3 Å². The molecule has 41 heavy (non-hydrogen) atoms. The number of rotatable bonds is 7. The van der Waals surface area contributed by atoms with Gasteiger partial charge in [0.05, 0.1) is 30.2 Å². The lowest BCUT2D eigenvalue weighted by molar-refractivity contribution is -0.137. The smallest absolute Gasteiger partial charge is 0.296 e. The fourth-order valence-corrected chi connectivity index (χ4v) is 5.81. The maximum absolute atomic E-state index is 14.1. The summed E-state index contributed by atoms with van der Waals surface area (Å²) in [7, 11) is 1.72. The number of ether oxygens (including phenoxy) is 2. The Labute approximate surface area is 235 Å². The first-order valence-electron chi connectivity index (χ1n) is 14.0. The van der Waals surface area contributed by atoms with Crippen LogP contribution in [-0.2, 0) is 14.3 Å². The molecule has 218 valence electrons. The van der Waals surface area contributed by atoms with Crippen molar-refractivity contribution < 1.29 is 27.8 Å². The molecule has 2 amide bonds. The van der Waals surface area contributed by atoms with Crippen molar-refractivity contribution in [3.63, 3.8) is 0 Å². The van der Waals surface area contributed by atoms with Crippen molar-refractivity contribution >= 4 is 28.8 Å². The number of imidazole rings is 1. The highest BCUT2D eigenvalue weighted by Crippen LogP contribution is 2.31. The first-order chi connectivity index (χ1) is 19.9. The number of benzene rings is 1. The predicted molar refractivity (Wildman–Crippen MR) is 145 cm³/mol. The van der Waals surface area contributed by atoms with Crippen molar-refractivity contribution in [1.82, 2.24) is 29.7 Å². The summed E-state index contributed by atoms with van der Waals surface area (Å²) < 4.78 is 41.4. The van der Waals surface area contributed by atoms with Crippen LogP contribution in [0.4, 0.5) is 14.7 Å². The molecule has 6 rings (SSSR count). The topological polar surface area (TPSA) is 115 Å². The number of carbonyl (C=O) groups excluding carboxylic acids is 2. The molecule has 2 aliphatic heterocycles. The van der Waals surface area contributed by atoms with Crippen LogP contribution < -0.4 is 15.0 Å². The van der Waals surface area contributed by atoms with Crippen LogP contribution in [0.3, 0.4) is 0 Å². The minimum atomic E-state index is -2.81. The second-order valence-electron chi connectivity index (χ2n) is 10.8. The Bertz CT molecular complexity index is 1430. The van der Waals surface area contributed by atoms with Crippen LogP contribution in [0.15, 0.2) is 30.3 Å². The molecule has 0 radical (unpaired) electrons. The number of alkyl halides is 2. The molecule has 0 spiro atoms. The van der Waals surface area contributed by atoms with Crippen molar-refractivity contribution in [2.24, 2.45) is 5.92 Å². The Balaban J connectivity index is 1.23. The number of morpholine rings is 1. The van der Waals surface area contributed by atoms with E-state index in [0.29, 0.717) is 75.5 Å². The third-order valence-corrected chi connectivity index (χ3v) is 8.00. The number of likely N-dealkylation sites (tertiary alicyclic amines) is 1. The van der Waals surface area contributed by atoms with Gasteiger partial charge in [-0.1, -0.05) is 12.1 Å².